The standard InChI is InChI=1S/C20H39ClN2O/c1-3-5-6-10-13-18(21)14-11-8-7-9-12-16-23-17-15-19(22-23)20(24)4-2/h18-19,22H,3-17H2,1-2H3. The average molecular weight is 359 g/mol. The van der Waals surface area contributed by atoms with E-state index in [0.717, 1.165) is 19.5 Å². The van der Waals surface area contributed by atoms with Gasteiger partial charge < -0.3 is 0 Å². The van der Waals surface area contributed by atoms with Gasteiger partial charge in [0.1, 0.15) is 0 Å². The summed E-state index contributed by atoms with van der Waals surface area (Å²) in [6, 6.07) is 0.0768. The zero-order valence-corrected chi connectivity index (χ0v) is 16.8. The first-order chi connectivity index (χ1) is 11.7. The summed E-state index contributed by atoms with van der Waals surface area (Å²) in [5, 5.41) is 2.63. The summed E-state index contributed by atoms with van der Waals surface area (Å²) in [6.07, 6.45) is 15.7. The maximum Gasteiger partial charge on any atom is 0.150 e. The number of carbonyl (C=O) groups is 1. The lowest BCUT2D eigenvalue weighted by atomic mass is 10.0. The first-order valence-electron chi connectivity index (χ1n) is 10.3. The molecule has 4 heteroatoms. The predicted molar refractivity (Wildman–Crippen MR) is 105 cm³/mol. The number of carbonyl (C=O) groups excluding carboxylic acids is 1. The van der Waals surface area contributed by atoms with E-state index in [9.17, 15) is 4.79 Å². The number of unbranched alkanes of at least 4 members (excludes halogenated alkanes) is 7. The number of hydrogen-bond acceptors (Lipinski definition) is 3. The van der Waals surface area contributed by atoms with Crippen LogP contribution >= 0.6 is 11.6 Å². The van der Waals surface area contributed by atoms with Crippen molar-refractivity contribution in [3.05, 3.63) is 0 Å². The van der Waals surface area contributed by atoms with E-state index in [4.69, 9.17) is 11.6 Å². The third-order valence-corrected chi connectivity index (χ3v) is 5.52. The molecule has 0 saturated carbocycles. The topological polar surface area (TPSA) is 32.3 Å². The molecule has 1 N–H and O–H groups in total. The van der Waals surface area contributed by atoms with Gasteiger partial charge in [0.15, 0.2) is 5.78 Å². The Kier molecular flexibility index (Phi) is 12.9. The van der Waals surface area contributed by atoms with Gasteiger partial charge in [-0.25, -0.2) is 10.4 Å². The van der Waals surface area contributed by atoms with Crippen molar-refractivity contribution in [3.8, 4) is 0 Å². The minimum absolute atomic E-state index is 0.0768. The Morgan fingerprint density at radius 3 is 2.33 bits per heavy atom. The van der Waals surface area contributed by atoms with E-state index in [1.165, 1.54) is 70.6 Å². The van der Waals surface area contributed by atoms with Crippen molar-refractivity contribution in [1.82, 2.24) is 10.4 Å². The van der Waals surface area contributed by atoms with E-state index >= 15 is 0 Å². The third kappa shape index (κ3) is 10.0. The normalized spacial score (nSPS) is 19.7. The first-order valence-corrected chi connectivity index (χ1v) is 10.8. The molecule has 142 valence electrons. The van der Waals surface area contributed by atoms with Crippen molar-refractivity contribution < 1.29 is 4.79 Å². The monoisotopic (exact) mass is 358 g/mol. The summed E-state index contributed by atoms with van der Waals surface area (Å²) in [5.41, 5.74) is 3.35. The number of alkyl halides is 1. The molecule has 0 spiro atoms. The van der Waals surface area contributed by atoms with E-state index in [1.54, 1.807) is 0 Å². The molecule has 1 aliphatic heterocycles. The highest BCUT2D eigenvalue weighted by atomic mass is 35.5. The SMILES string of the molecule is CCCCCCC(Cl)CCCCCCCN1CCC(C(=O)CC)N1. The minimum Gasteiger partial charge on any atom is -0.298 e. The Labute approximate surface area is 154 Å². The van der Waals surface area contributed by atoms with Crippen LogP contribution in [0.1, 0.15) is 97.3 Å². The maximum atomic E-state index is 11.7. The largest absolute Gasteiger partial charge is 0.298 e. The third-order valence-electron chi connectivity index (χ3n) is 5.08. The van der Waals surface area contributed by atoms with E-state index in [2.05, 4.69) is 17.4 Å². The summed E-state index contributed by atoms with van der Waals surface area (Å²) in [7, 11) is 0. The Balaban J connectivity index is 1.88. The van der Waals surface area contributed by atoms with Gasteiger partial charge in [-0.05, 0) is 25.7 Å². The molecule has 1 rings (SSSR count). The van der Waals surface area contributed by atoms with E-state index < -0.39 is 0 Å². The Hall–Kier alpha value is -0.120. The van der Waals surface area contributed by atoms with Crippen molar-refractivity contribution in [2.75, 3.05) is 13.1 Å². The Bertz CT molecular complexity index is 325. The van der Waals surface area contributed by atoms with Crippen molar-refractivity contribution in [1.29, 1.82) is 0 Å². The van der Waals surface area contributed by atoms with Crippen LogP contribution in [-0.4, -0.2) is 35.3 Å². The fourth-order valence-corrected chi connectivity index (χ4v) is 3.73. The molecule has 1 saturated heterocycles. The zero-order valence-electron chi connectivity index (χ0n) is 16.0. The maximum absolute atomic E-state index is 11.7. The van der Waals surface area contributed by atoms with Gasteiger partial charge in [0, 0.05) is 24.9 Å². The predicted octanol–water partition coefficient (Wildman–Crippen LogP) is 5.46. The Morgan fingerprint density at radius 2 is 1.67 bits per heavy atom. The fraction of sp³-hybridized carbons (Fsp3) is 0.950. The van der Waals surface area contributed by atoms with Gasteiger partial charge in [0.05, 0.1) is 6.04 Å². The molecule has 0 amide bonds. The molecule has 0 aromatic rings. The first kappa shape index (κ1) is 21.9. The summed E-state index contributed by atoms with van der Waals surface area (Å²) in [4.78, 5) is 11.7. The lowest BCUT2D eigenvalue weighted by molar-refractivity contribution is -0.120. The lowest BCUT2D eigenvalue weighted by Crippen LogP contribution is -2.39. The van der Waals surface area contributed by atoms with Gasteiger partial charge in [-0.3, -0.25) is 4.79 Å². The highest BCUT2D eigenvalue weighted by Gasteiger charge is 2.25. The molecule has 0 aliphatic carbocycles. The number of halogens is 1. The molecule has 0 radical (unpaired) electrons. The number of hydrogen-bond donors (Lipinski definition) is 1. The summed E-state index contributed by atoms with van der Waals surface area (Å²) < 4.78 is 0. The van der Waals surface area contributed by atoms with Crippen LogP contribution in [0.15, 0.2) is 0 Å². The minimum atomic E-state index is 0.0768. The van der Waals surface area contributed by atoms with Crippen LogP contribution in [0.5, 0.6) is 0 Å². The van der Waals surface area contributed by atoms with Crippen molar-refractivity contribution in [3.63, 3.8) is 0 Å². The van der Waals surface area contributed by atoms with Gasteiger partial charge in [0.25, 0.3) is 0 Å². The molecule has 0 bridgehead atoms. The van der Waals surface area contributed by atoms with Crippen LogP contribution in [0.3, 0.4) is 0 Å². The van der Waals surface area contributed by atoms with Crippen molar-refractivity contribution >= 4 is 17.4 Å². The molecule has 0 aromatic carbocycles. The fourth-order valence-electron chi connectivity index (χ4n) is 3.43. The molecule has 0 aromatic heterocycles. The van der Waals surface area contributed by atoms with Crippen LogP contribution in [0.2, 0.25) is 0 Å². The molecule has 3 nitrogen and oxygen atoms in total. The van der Waals surface area contributed by atoms with Crippen molar-refractivity contribution in [2.24, 2.45) is 0 Å². The van der Waals surface area contributed by atoms with E-state index in [1.807, 2.05) is 6.92 Å². The number of Topliss-reactive ketones (excluding diaryl/α,β-unsaturated/α-hetero) is 1. The summed E-state index contributed by atoms with van der Waals surface area (Å²) in [5.74, 6) is 0.350. The van der Waals surface area contributed by atoms with Crippen LogP contribution < -0.4 is 5.43 Å². The number of nitrogens with one attached hydrogen (secondary N) is 1. The zero-order chi connectivity index (χ0) is 17.6. The Morgan fingerprint density at radius 1 is 1.04 bits per heavy atom. The molecule has 2 unspecified atom stereocenters. The second kappa shape index (κ2) is 14.1. The second-order valence-electron chi connectivity index (χ2n) is 7.28. The second-order valence-corrected chi connectivity index (χ2v) is 7.90. The van der Waals surface area contributed by atoms with Gasteiger partial charge in [-0.2, -0.15) is 0 Å². The molecule has 24 heavy (non-hydrogen) atoms. The van der Waals surface area contributed by atoms with Crippen LogP contribution in [-0.2, 0) is 4.79 Å². The highest BCUT2D eigenvalue weighted by molar-refractivity contribution is 6.20. The van der Waals surface area contributed by atoms with Gasteiger partial charge in [-0.1, -0.05) is 65.2 Å². The number of rotatable bonds is 15. The van der Waals surface area contributed by atoms with E-state index in [-0.39, 0.29) is 6.04 Å². The number of hydrazine groups is 1. The summed E-state index contributed by atoms with van der Waals surface area (Å²) >= 11 is 6.39. The van der Waals surface area contributed by atoms with Crippen LogP contribution in [0, 0.1) is 0 Å². The molecule has 1 heterocycles. The number of nitrogens with zero attached hydrogens (tertiary/aromatic N) is 1. The van der Waals surface area contributed by atoms with Crippen molar-refractivity contribution in [2.45, 2.75) is 109 Å². The quantitative estimate of drug-likeness (QED) is 0.311. The molecule has 1 aliphatic rings. The average Bonchev–Trinajstić information content (AvgIpc) is 3.06. The van der Waals surface area contributed by atoms with Gasteiger partial charge in [-0.15, -0.1) is 11.6 Å². The van der Waals surface area contributed by atoms with Crippen LogP contribution in [0.4, 0.5) is 0 Å². The molecular weight excluding hydrogens is 320 g/mol. The molecular formula is C20H39ClN2O. The van der Waals surface area contributed by atoms with E-state index in [0.29, 0.717) is 17.6 Å². The van der Waals surface area contributed by atoms with Gasteiger partial charge >= 0.3 is 0 Å². The summed E-state index contributed by atoms with van der Waals surface area (Å²) in [6.45, 7) is 6.29. The smallest absolute Gasteiger partial charge is 0.150 e. The molecule has 1 fully saturated rings. The van der Waals surface area contributed by atoms with Gasteiger partial charge in [0.2, 0.25) is 0 Å². The molecule has 2 atom stereocenters. The highest BCUT2D eigenvalue weighted by Crippen LogP contribution is 2.17. The van der Waals surface area contributed by atoms with Crippen LogP contribution in [0.25, 0.3) is 0 Å². The lowest BCUT2D eigenvalue weighted by Gasteiger charge is -2.17. The number of ketones is 1.